The number of rotatable bonds is 4. The zero-order valence-electron chi connectivity index (χ0n) is 11.0. The highest BCUT2D eigenvalue weighted by Crippen LogP contribution is 2.32. The molecular formula is C14H20N2O3. The second kappa shape index (κ2) is 5.96. The zero-order chi connectivity index (χ0) is 13.0. The van der Waals surface area contributed by atoms with E-state index in [9.17, 15) is 0 Å². The molecule has 2 aliphatic heterocycles. The maximum absolute atomic E-state index is 6.04. The minimum Gasteiger partial charge on any atom is -0.381 e. The summed E-state index contributed by atoms with van der Waals surface area (Å²) >= 11 is 0. The first-order valence-electron chi connectivity index (χ1n) is 6.86. The van der Waals surface area contributed by atoms with Crippen LogP contribution in [0.3, 0.4) is 0 Å². The normalized spacial score (nSPS) is 25.8. The molecule has 0 saturated carbocycles. The molecular weight excluding hydrogens is 244 g/mol. The molecule has 1 spiro atoms. The summed E-state index contributed by atoms with van der Waals surface area (Å²) in [7, 11) is 0. The van der Waals surface area contributed by atoms with Gasteiger partial charge in [0.25, 0.3) is 0 Å². The highest BCUT2D eigenvalue weighted by Gasteiger charge is 2.42. The lowest BCUT2D eigenvalue weighted by atomic mass is 10.1. The summed E-state index contributed by atoms with van der Waals surface area (Å²) in [5.74, 6) is -0.379. The second-order valence-electron chi connectivity index (χ2n) is 5.03. The number of ether oxygens (including phenoxy) is 3. The third kappa shape index (κ3) is 3.30. The Balaban J connectivity index is 1.42. The number of hydrogen-bond acceptors (Lipinski definition) is 5. The van der Waals surface area contributed by atoms with Gasteiger partial charge in [-0.15, -0.1) is 0 Å². The highest BCUT2D eigenvalue weighted by atomic mass is 16.7. The van der Waals surface area contributed by atoms with E-state index in [1.165, 1.54) is 0 Å². The van der Waals surface area contributed by atoms with Crippen molar-refractivity contribution in [2.75, 3.05) is 26.4 Å². The standard InChI is InChI=1S/C14H20N2O3/c1-2-6-16-12(3-1)9-15-10-13-11-18-14(19-13)4-7-17-8-5-14/h1-3,6,13,15H,4-5,7-11H2/t13-/m0/s1. The summed E-state index contributed by atoms with van der Waals surface area (Å²) < 4.78 is 17.2. The molecule has 0 unspecified atom stereocenters. The number of nitrogens with zero attached hydrogens (tertiary/aromatic N) is 1. The average molecular weight is 264 g/mol. The van der Waals surface area contributed by atoms with E-state index in [1.807, 2.05) is 24.4 Å². The van der Waals surface area contributed by atoms with Crippen molar-refractivity contribution in [2.24, 2.45) is 0 Å². The van der Waals surface area contributed by atoms with E-state index in [0.717, 1.165) is 44.8 Å². The summed E-state index contributed by atoms with van der Waals surface area (Å²) in [6.45, 7) is 3.67. The number of pyridine rings is 1. The molecule has 2 fully saturated rings. The van der Waals surface area contributed by atoms with Gasteiger partial charge in [-0.2, -0.15) is 0 Å². The van der Waals surface area contributed by atoms with Crippen LogP contribution in [0.15, 0.2) is 24.4 Å². The lowest BCUT2D eigenvalue weighted by Crippen LogP contribution is -2.39. The van der Waals surface area contributed by atoms with Crippen molar-refractivity contribution in [3.8, 4) is 0 Å². The summed E-state index contributed by atoms with van der Waals surface area (Å²) in [4.78, 5) is 4.28. The van der Waals surface area contributed by atoms with Gasteiger partial charge in [0.15, 0.2) is 5.79 Å². The highest BCUT2D eigenvalue weighted by molar-refractivity contribution is 5.02. The first-order chi connectivity index (χ1) is 9.36. The molecule has 5 nitrogen and oxygen atoms in total. The molecule has 2 aliphatic rings. The molecule has 1 N–H and O–H groups in total. The molecule has 1 aromatic rings. The van der Waals surface area contributed by atoms with E-state index in [0.29, 0.717) is 6.61 Å². The molecule has 0 aliphatic carbocycles. The van der Waals surface area contributed by atoms with Gasteiger partial charge in [0.1, 0.15) is 0 Å². The Kier molecular flexibility index (Phi) is 4.08. The molecule has 1 atom stereocenters. The maximum atomic E-state index is 6.04. The topological polar surface area (TPSA) is 52.6 Å². The fourth-order valence-electron chi connectivity index (χ4n) is 2.53. The van der Waals surface area contributed by atoms with E-state index in [4.69, 9.17) is 14.2 Å². The SMILES string of the molecule is c1ccc(CNC[C@H]2COC3(CCOCC3)O2)nc1. The van der Waals surface area contributed by atoms with Crippen LogP contribution >= 0.6 is 0 Å². The molecule has 5 heteroatoms. The summed E-state index contributed by atoms with van der Waals surface area (Å²) in [6.07, 6.45) is 3.61. The van der Waals surface area contributed by atoms with Crippen molar-refractivity contribution in [3.63, 3.8) is 0 Å². The van der Waals surface area contributed by atoms with Crippen LogP contribution in [-0.2, 0) is 20.8 Å². The van der Waals surface area contributed by atoms with Crippen LogP contribution < -0.4 is 5.32 Å². The summed E-state index contributed by atoms with van der Waals surface area (Å²) in [5.41, 5.74) is 1.04. The molecule has 2 saturated heterocycles. The van der Waals surface area contributed by atoms with Gasteiger partial charge in [0.2, 0.25) is 0 Å². The predicted molar refractivity (Wildman–Crippen MR) is 69.6 cm³/mol. The maximum Gasteiger partial charge on any atom is 0.173 e. The van der Waals surface area contributed by atoms with E-state index in [1.54, 1.807) is 0 Å². The van der Waals surface area contributed by atoms with E-state index < -0.39 is 0 Å². The number of hydrogen-bond donors (Lipinski definition) is 1. The Morgan fingerprint density at radius 1 is 1.32 bits per heavy atom. The van der Waals surface area contributed by atoms with Gasteiger partial charge in [0, 0.05) is 32.1 Å². The minimum atomic E-state index is -0.379. The molecule has 0 amide bonds. The molecule has 3 heterocycles. The van der Waals surface area contributed by atoms with Gasteiger partial charge >= 0.3 is 0 Å². The molecule has 0 radical (unpaired) electrons. The fourth-order valence-corrected chi connectivity index (χ4v) is 2.53. The number of nitrogens with one attached hydrogen (secondary N) is 1. The lowest BCUT2D eigenvalue weighted by molar-refractivity contribution is -0.210. The molecule has 3 rings (SSSR count). The van der Waals surface area contributed by atoms with Crippen LogP contribution in [0.25, 0.3) is 0 Å². The average Bonchev–Trinajstić information content (AvgIpc) is 2.84. The van der Waals surface area contributed by atoms with Gasteiger partial charge in [-0.05, 0) is 12.1 Å². The van der Waals surface area contributed by atoms with Crippen molar-refractivity contribution in [2.45, 2.75) is 31.3 Å². The first kappa shape index (κ1) is 13.0. The second-order valence-corrected chi connectivity index (χ2v) is 5.03. The van der Waals surface area contributed by atoms with E-state index in [2.05, 4.69) is 10.3 Å². The molecule has 0 bridgehead atoms. The Labute approximate surface area is 113 Å². The zero-order valence-corrected chi connectivity index (χ0v) is 11.0. The minimum absolute atomic E-state index is 0.127. The smallest absolute Gasteiger partial charge is 0.173 e. The lowest BCUT2D eigenvalue weighted by Gasteiger charge is -2.31. The van der Waals surface area contributed by atoms with E-state index >= 15 is 0 Å². The van der Waals surface area contributed by atoms with Gasteiger partial charge in [-0.25, -0.2) is 0 Å². The largest absolute Gasteiger partial charge is 0.381 e. The van der Waals surface area contributed by atoms with Crippen molar-refractivity contribution < 1.29 is 14.2 Å². The van der Waals surface area contributed by atoms with E-state index in [-0.39, 0.29) is 11.9 Å². The van der Waals surface area contributed by atoms with Crippen LogP contribution in [0.1, 0.15) is 18.5 Å². The molecule has 19 heavy (non-hydrogen) atoms. The first-order valence-corrected chi connectivity index (χ1v) is 6.86. The Morgan fingerprint density at radius 3 is 3.00 bits per heavy atom. The van der Waals surface area contributed by atoms with Crippen molar-refractivity contribution in [1.82, 2.24) is 10.3 Å². The Morgan fingerprint density at radius 2 is 2.21 bits per heavy atom. The van der Waals surface area contributed by atoms with Gasteiger partial charge < -0.3 is 19.5 Å². The van der Waals surface area contributed by atoms with Crippen molar-refractivity contribution in [1.29, 1.82) is 0 Å². The van der Waals surface area contributed by atoms with Crippen molar-refractivity contribution in [3.05, 3.63) is 30.1 Å². The van der Waals surface area contributed by atoms with Crippen LogP contribution in [0, 0.1) is 0 Å². The third-order valence-corrected chi connectivity index (χ3v) is 3.57. The monoisotopic (exact) mass is 264 g/mol. The molecule has 1 aromatic heterocycles. The van der Waals surface area contributed by atoms with Crippen LogP contribution in [0.2, 0.25) is 0 Å². The predicted octanol–water partition coefficient (Wildman–Crippen LogP) is 1.09. The van der Waals surface area contributed by atoms with Crippen LogP contribution in [0.5, 0.6) is 0 Å². The van der Waals surface area contributed by atoms with Gasteiger partial charge in [-0.1, -0.05) is 6.07 Å². The summed E-state index contributed by atoms with van der Waals surface area (Å²) in [6, 6.07) is 5.93. The summed E-state index contributed by atoms with van der Waals surface area (Å²) in [5, 5.41) is 3.37. The van der Waals surface area contributed by atoms with Crippen LogP contribution in [0.4, 0.5) is 0 Å². The molecule has 0 aromatic carbocycles. The van der Waals surface area contributed by atoms with Crippen LogP contribution in [-0.4, -0.2) is 43.2 Å². The Hall–Kier alpha value is -1.01. The molecule has 104 valence electrons. The van der Waals surface area contributed by atoms with Crippen molar-refractivity contribution >= 4 is 0 Å². The number of aromatic nitrogens is 1. The fraction of sp³-hybridized carbons (Fsp3) is 0.643. The Bertz CT molecular complexity index is 393. The third-order valence-electron chi connectivity index (χ3n) is 3.57. The quantitative estimate of drug-likeness (QED) is 0.882. The van der Waals surface area contributed by atoms with Gasteiger partial charge in [-0.3, -0.25) is 4.98 Å². The van der Waals surface area contributed by atoms with Gasteiger partial charge in [0.05, 0.1) is 31.6 Å².